The maximum atomic E-state index is 12.6. The first-order valence-electron chi connectivity index (χ1n) is 5.87. The van der Waals surface area contributed by atoms with Crippen molar-refractivity contribution in [2.75, 3.05) is 0 Å². The van der Waals surface area contributed by atoms with Gasteiger partial charge in [-0.15, -0.1) is 0 Å². The van der Waals surface area contributed by atoms with Crippen molar-refractivity contribution in [3.63, 3.8) is 0 Å². The zero-order valence-electron chi connectivity index (χ0n) is 10.8. The first-order valence-corrected chi connectivity index (χ1v) is 5.87. The molecule has 22 heavy (non-hydrogen) atoms. The maximum Gasteiger partial charge on any atom is 0.431 e. The highest BCUT2D eigenvalue weighted by Crippen LogP contribution is 2.27. The second-order valence-corrected chi connectivity index (χ2v) is 4.21. The lowest BCUT2D eigenvalue weighted by molar-refractivity contribution is -0.384. The van der Waals surface area contributed by atoms with Crippen LogP contribution in [0.3, 0.4) is 0 Å². The number of rotatable bonds is 3. The lowest BCUT2D eigenvalue weighted by atomic mass is 10.1. The van der Waals surface area contributed by atoms with Gasteiger partial charge in [0.25, 0.3) is 5.69 Å². The highest BCUT2D eigenvalue weighted by Gasteiger charge is 2.32. The lowest BCUT2D eigenvalue weighted by Gasteiger charge is -2.05. The molecule has 1 aromatic carbocycles. The third-order valence-corrected chi connectivity index (χ3v) is 2.60. The molecule has 1 heterocycles. The molecule has 0 saturated carbocycles. The van der Waals surface area contributed by atoms with E-state index in [-0.39, 0.29) is 11.4 Å². The fourth-order valence-corrected chi connectivity index (χ4v) is 1.64. The molecule has 0 aliphatic carbocycles. The Morgan fingerprint density at radius 2 is 1.95 bits per heavy atom. The van der Waals surface area contributed by atoms with Crippen molar-refractivity contribution in [1.29, 1.82) is 0 Å². The number of nitro benzene ring substituents is 1. The molecule has 1 aromatic heterocycles. The third-order valence-electron chi connectivity index (χ3n) is 2.60. The summed E-state index contributed by atoms with van der Waals surface area (Å²) in [6.45, 7) is 0. The molecule has 2 rings (SSSR count). The van der Waals surface area contributed by atoms with Crippen LogP contribution < -0.4 is 5.69 Å². The molecule has 6 nitrogen and oxygen atoms in total. The summed E-state index contributed by atoms with van der Waals surface area (Å²) in [5.41, 5.74) is -2.32. The quantitative estimate of drug-likeness (QED) is 0.697. The van der Waals surface area contributed by atoms with Gasteiger partial charge in [0.15, 0.2) is 0 Å². The monoisotopic (exact) mass is 311 g/mol. The topological polar surface area (TPSA) is 88.9 Å². The average Bonchev–Trinajstić information content (AvgIpc) is 2.44. The van der Waals surface area contributed by atoms with Gasteiger partial charge in [-0.05, 0) is 17.7 Å². The van der Waals surface area contributed by atoms with Gasteiger partial charge in [0.05, 0.1) is 10.6 Å². The van der Waals surface area contributed by atoms with Gasteiger partial charge in [-0.2, -0.15) is 18.2 Å². The summed E-state index contributed by atoms with van der Waals surface area (Å²) in [5, 5.41) is 10.6. The van der Waals surface area contributed by atoms with E-state index in [2.05, 4.69) is 4.98 Å². The standard InChI is InChI=1S/C13H8F3N3O3/c14-13(15,16)11-7-9(17-12(20)18-11)5-4-8-2-1-3-10(6-8)19(21)22/h1-7H,(H,17,18,20). The zero-order valence-corrected chi connectivity index (χ0v) is 10.8. The van der Waals surface area contributed by atoms with Gasteiger partial charge >= 0.3 is 11.9 Å². The summed E-state index contributed by atoms with van der Waals surface area (Å²) in [6.07, 6.45) is -2.20. The molecule has 0 fully saturated rings. The number of alkyl halides is 3. The van der Waals surface area contributed by atoms with E-state index < -0.39 is 22.5 Å². The lowest BCUT2D eigenvalue weighted by Crippen LogP contribution is -2.19. The fourth-order valence-electron chi connectivity index (χ4n) is 1.64. The minimum atomic E-state index is -4.70. The van der Waals surface area contributed by atoms with Crippen molar-refractivity contribution in [3.8, 4) is 0 Å². The van der Waals surface area contributed by atoms with E-state index >= 15 is 0 Å². The van der Waals surface area contributed by atoms with E-state index in [1.54, 1.807) is 4.98 Å². The molecular formula is C13H8F3N3O3. The molecule has 9 heteroatoms. The van der Waals surface area contributed by atoms with Crippen LogP contribution in [0.15, 0.2) is 35.1 Å². The number of H-pyrrole nitrogens is 1. The number of aromatic nitrogens is 2. The van der Waals surface area contributed by atoms with Crippen molar-refractivity contribution in [2.24, 2.45) is 0 Å². The number of hydrogen-bond donors (Lipinski definition) is 1. The van der Waals surface area contributed by atoms with Gasteiger partial charge in [0, 0.05) is 12.1 Å². The average molecular weight is 311 g/mol. The van der Waals surface area contributed by atoms with Gasteiger partial charge in [-0.25, -0.2) is 4.79 Å². The molecule has 0 aliphatic heterocycles. The highest BCUT2D eigenvalue weighted by molar-refractivity contribution is 5.69. The molecule has 0 spiro atoms. The van der Waals surface area contributed by atoms with E-state index in [1.807, 2.05) is 0 Å². The fraction of sp³-hybridized carbons (Fsp3) is 0.0769. The second-order valence-electron chi connectivity index (χ2n) is 4.21. The van der Waals surface area contributed by atoms with E-state index in [4.69, 9.17) is 0 Å². The van der Waals surface area contributed by atoms with Crippen molar-refractivity contribution >= 4 is 17.8 Å². The van der Waals surface area contributed by atoms with E-state index in [0.29, 0.717) is 11.6 Å². The van der Waals surface area contributed by atoms with Crippen LogP contribution in [0, 0.1) is 10.1 Å². The smallest absolute Gasteiger partial charge is 0.302 e. The van der Waals surface area contributed by atoms with Crippen molar-refractivity contribution in [2.45, 2.75) is 6.18 Å². The molecule has 0 unspecified atom stereocenters. The van der Waals surface area contributed by atoms with E-state index in [0.717, 1.165) is 0 Å². The van der Waals surface area contributed by atoms with Gasteiger partial charge in [0.1, 0.15) is 5.69 Å². The molecule has 0 bridgehead atoms. The molecule has 0 aliphatic rings. The second kappa shape index (κ2) is 5.80. The summed E-state index contributed by atoms with van der Waals surface area (Å²) in [4.78, 5) is 26.1. The summed E-state index contributed by atoms with van der Waals surface area (Å²) >= 11 is 0. The van der Waals surface area contributed by atoms with Crippen molar-refractivity contribution in [3.05, 3.63) is 67.9 Å². The number of halogens is 3. The molecular weight excluding hydrogens is 303 g/mol. The van der Waals surface area contributed by atoms with Crippen LogP contribution in [0.4, 0.5) is 18.9 Å². The molecule has 2 aromatic rings. The Morgan fingerprint density at radius 3 is 2.59 bits per heavy atom. The first-order chi connectivity index (χ1) is 10.3. The Balaban J connectivity index is 2.34. The largest absolute Gasteiger partial charge is 0.431 e. The molecule has 0 saturated heterocycles. The summed E-state index contributed by atoms with van der Waals surface area (Å²) < 4.78 is 37.7. The molecule has 0 atom stereocenters. The van der Waals surface area contributed by atoms with Gasteiger partial charge in [-0.1, -0.05) is 18.2 Å². The SMILES string of the molecule is O=c1nc(C=Cc2cccc([N+](=O)[O-])c2)cc(C(F)(F)F)[nH]1. The van der Waals surface area contributed by atoms with Crippen LogP contribution in [0.1, 0.15) is 17.0 Å². The van der Waals surface area contributed by atoms with E-state index in [1.165, 1.54) is 36.4 Å². The van der Waals surface area contributed by atoms with Gasteiger partial charge in [0.2, 0.25) is 0 Å². The van der Waals surface area contributed by atoms with Crippen LogP contribution in [-0.4, -0.2) is 14.9 Å². The van der Waals surface area contributed by atoms with Crippen LogP contribution in [-0.2, 0) is 6.18 Å². The van der Waals surface area contributed by atoms with Gasteiger partial charge < -0.3 is 4.98 Å². The summed E-state index contributed by atoms with van der Waals surface area (Å²) in [5.74, 6) is 0. The molecule has 0 amide bonds. The third kappa shape index (κ3) is 3.78. The summed E-state index contributed by atoms with van der Waals surface area (Å²) in [7, 11) is 0. The van der Waals surface area contributed by atoms with Gasteiger partial charge in [-0.3, -0.25) is 10.1 Å². The number of nitrogens with zero attached hydrogens (tertiary/aromatic N) is 2. The van der Waals surface area contributed by atoms with E-state index in [9.17, 15) is 28.1 Å². The van der Waals surface area contributed by atoms with Crippen molar-refractivity contribution in [1.82, 2.24) is 9.97 Å². The molecule has 1 N–H and O–H groups in total. The Hall–Kier alpha value is -2.97. The summed E-state index contributed by atoms with van der Waals surface area (Å²) in [6, 6.07) is 6.17. The minimum absolute atomic E-state index is 0.156. The Labute approximate surface area is 121 Å². The molecule has 0 radical (unpaired) electrons. The van der Waals surface area contributed by atoms with Crippen molar-refractivity contribution < 1.29 is 18.1 Å². The number of benzene rings is 1. The van der Waals surface area contributed by atoms with Crippen LogP contribution >= 0.6 is 0 Å². The number of non-ortho nitro benzene ring substituents is 1. The van der Waals surface area contributed by atoms with Crippen LogP contribution in [0.5, 0.6) is 0 Å². The Bertz CT molecular complexity index is 797. The number of hydrogen-bond acceptors (Lipinski definition) is 4. The minimum Gasteiger partial charge on any atom is -0.302 e. The Kier molecular flexibility index (Phi) is 4.06. The first kappa shape index (κ1) is 15.4. The normalized spacial score (nSPS) is 11.8. The highest BCUT2D eigenvalue weighted by atomic mass is 19.4. The van der Waals surface area contributed by atoms with Crippen LogP contribution in [0.25, 0.3) is 12.2 Å². The predicted octanol–water partition coefficient (Wildman–Crippen LogP) is 2.87. The Morgan fingerprint density at radius 1 is 1.23 bits per heavy atom. The molecule has 114 valence electrons. The number of nitro groups is 1. The predicted molar refractivity (Wildman–Crippen MR) is 71.9 cm³/mol. The van der Waals surface area contributed by atoms with Crippen LogP contribution in [0.2, 0.25) is 0 Å². The maximum absolute atomic E-state index is 12.6. The number of aromatic amines is 1. The zero-order chi connectivity index (χ0) is 16.3. The number of nitrogens with one attached hydrogen (secondary N) is 1.